The number of likely N-dealkylation sites (N-methyl/N-ethyl adjacent to an activating group) is 3. The minimum Gasteiger partial charge on any atom is -0.520 e. The Kier molecular flexibility index (Phi) is 70.9. The van der Waals surface area contributed by atoms with Gasteiger partial charge in [0.15, 0.2) is 0 Å². The SMILES string of the molecule is COC(=O)C(C)N(C)[C-]=O.COC(=O)[C@@H](C)N(C)[C-]=O.COC(=O)[C@H](C)N(C)[C-]=O.[Y].[Y].[Y].[Y].[Y].[Y]. The predicted molar refractivity (Wildman–Crippen MR) is 105 cm³/mol. The molecule has 6 radical (unpaired) electrons. The van der Waals surface area contributed by atoms with Crippen molar-refractivity contribution in [3.63, 3.8) is 0 Å². The first kappa shape index (κ1) is 62.9. The van der Waals surface area contributed by atoms with Crippen molar-refractivity contribution in [2.24, 2.45) is 0 Å². The third-order valence-corrected chi connectivity index (χ3v) is 3.80. The van der Waals surface area contributed by atoms with Crippen LogP contribution in [0.2, 0.25) is 0 Å². The standard InChI is InChI=1S/3C6H10NO3.6Y/c3*1-5(6(9)10-3)7(2)4-8;;;;;;/h3*5H,1-3H3;;;;;;/q3*-1;;;;;;/t2*5-;;;;;;;/m10......./s1. The van der Waals surface area contributed by atoms with Crippen molar-refractivity contribution in [3.05, 3.63) is 0 Å². The maximum absolute atomic E-state index is 10.7. The zero-order valence-electron chi connectivity index (χ0n) is 22.2. The van der Waals surface area contributed by atoms with Crippen LogP contribution in [0.25, 0.3) is 0 Å². The number of rotatable bonds is 9. The van der Waals surface area contributed by atoms with E-state index in [9.17, 15) is 28.8 Å². The van der Waals surface area contributed by atoms with Crippen LogP contribution in [0.3, 0.4) is 0 Å². The summed E-state index contributed by atoms with van der Waals surface area (Å²) in [5.74, 6) is -1.32. The molecule has 0 aromatic rings. The zero-order valence-corrected chi connectivity index (χ0v) is 39.2. The van der Waals surface area contributed by atoms with E-state index in [0.717, 1.165) is 14.7 Å². The maximum atomic E-state index is 10.7. The summed E-state index contributed by atoms with van der Waals surface area (Å²) in [6, 6.07) is -1.66. The van der Waals surface area contributed by atoms with Crippen LogP contribution < -0.4 is 0 Å². The van der Waals surface area contributed by atoms with E-state index in [1.54, 1.807) is 40.0 Å². The molecule has 18 heteroatoms. The van der Waals surface area contributed by atoms with E-state index in [1.807, 2.05) is 0 Å². The third kappa shape index (κ3) is 32.0. The molecule has 3 amide bonds. The van der Waals surface area contributed by atoms with Gasteiger partial charge in [0.25, 0.3) is 0 Å². The number of nitrogens with zero attached hydrogens (tertiary/aromatic N) is 3. The molecule has 0 aliphatic heterocycles. The van der Waals surface area contributed by atoms with E-state index in [0.29, 0.717) is 0 Å². The number of hydrogen-bond acceptors (Lipinski definition) is 9. The first-order valence-corrected chi connectivity index (χ1v) is 8.45. The molecule has 0 fully saturated rings. The van der Waals surface area contributed by atoms with Crippen LogP contribution in [0.15, 0.2) is 0 Å². The van der Waals surface area contributed by atoms with Crippen molar-refractivity contribution in [2.45, 2.75) is 38.9 Å². The quantitative estimate of drug-likeness (QED) is 0.119. The van der Waals surface area contributed by atoms with Crippen molar-refractivity contribution in [1.29, 1.82) is 0 Å². The van der Waals surface area contributed by atoms with Crippen LogP contribution >= 0.6 is 0 Å². The molecular formula is C18H30N3O9Y6-3. The van der Waals surface area contributed by atoms with Crippen molar-refractivity contribution < 1.29 is 239 Å². The van der Waals surface area contributed by atoms with Gasteiger partial charge in [0, 0.05) is 196 Å². The van der Waals surface area contributed by atoms with Gasteiger partial charge in [-0.05, 0) is 41.9 Å². The van der Waals surface area contributed by atoms with E-state index in [2.05, 4.69) is 14.2 Å². The summed E-state index contributed by atoms with van der Waals surface area (Å²) < 4.78 is 13.1. The minimum absolute atomic E-state index is 0. The van der Waals surface area contributed by atoms with Gasteiger partial charge in [-0.15, -0.1) is 0 Å². The fourth-order valence-corrected chi connectivity index (χ4v) is 1.22. The van der Waals surface area contributed by atoms with E-state index < -0.39 is 36.0 Å². The van der Waals surface area contributed by atoms with Gasteiger partial charge in [0.2, 0.25) is 0 Å². The summed E-state index contributed by atoms with van der Waals surface area (Å²) in [5, 5.41) is 0. The van der Waals surface area contributed by atoms with Gasteiger partial charge in [-0.25, -0.2) is 14.4 Å². The molecule has 192 valence electrons. The number of hydrogen-bond donors (Lipinski definition) is 0. The molecule has 0 aliphatic carbocycles. The summed E-state index contributed by atoms with van der Waals surface area (Å²) in [6.45, 7) is 4.70. The van der Waals surface area contributed by atoms with Crippen molar-refractivity contribution in [3.8, 4) is 0 Å². The average Bonchev–Trinajstić information content (AvgIpc) is 2.79. The normalized spacial score (nSPS) is 9.92. The Hall–Kier alpha value is 3.44. The second-order valence-corrected chi connectivity index (χ2v) is 5.70. The predicted octanol–water partition coefficient (Wildman–Crippen LogP) is -1.37. The Bertz CT molecular complexity index is 504. The second kappa shape index (κ2) is 40.6. The van der Waals surface area contributed by atoms with Crippen molar-refractivity contribution >= 4 is 37.1 Å². The van der Waals surface area contributed by atoms with Crippen LogP contribution in [-0.2, 0) is 239 Å². The molecule has 0 heterocycles. The molecular weight excluding hydrogens is 936 g/mol. The maximum Gasteiger partial charge on any atom is 0.325 e. The molecule has 3 atom stereocenters. The van der Waals surface area contributed by atoms with E-state index in [-0.39, 0.29) is 196 Å². The Morgan fingerprint density at radius 2 is 0.639 bits per heavy atom. The molecule has 0 spiro atoms. The number of carbonyl (C=O) groups is 3. The van der Waals surface area contributed by atoms with Gasteiger partial charge in [0.05, 0.1) is 39.5 Å². The van der Waals surface area contributed by atoms with Crippen LogP contribution in [0.4, 0.5) is 0 Å². The molecule has 0 aliphatic rings. The first-order chi connectivity index (χ1) is 13.9. The Morgan fingerprint density at radius 1 is 0.500 bits per heavy atom. The van der Waals surface area contributed by atoms with Gasteiger partial charge >= 0.3 is 17.9 Å². The van der Waals surface area contributed by atoms with E-state index in [4.69, 9.17) is 0 Å². The molecule has 0 rings (SSSR count). The summed E-state index contributed by atoms with van der Waals surface area (Å²) in [5.41, 5.74) is 0. The zero-order chi connectivity index (χ0) is 24.4. The number of carbonyl (C=O) groups excluding carboxylic acids is 6. The summed E-state index contributed by atoms with van der Waals surface area (Å²) in [7, 11) is 8.23. The van der Waals surface area contributed by atoms with Crippen LogP contribution in [0, 0.1) is 0 Å². The van der Waals surface area contributed by atoms with Gasteiger partial charge in [0.1, 0.15) is 0 Å². The van der Waals surface area contributed by atoms with Crippen LogP contribution in [0.1, 0.15) is 20.8 Å². The molecule has 0 N–H and O–H groups in total. The number of ether oxygens (including phenoxy) is 3. The molecule has 0 saturated heterocycles. The van der Waals surface area contributed by atoms with Crippen molar-refractivity contribution in [1.82, 2.24) is 14.7 Å². The van der Waals surface area contributed by atoms with E-state index in [1.165, 1.54) is 42.5 Å². The van der Waals surface area contributed by atoms with Crippen molar-refractivity contribution in [2.75, 3.05) is 42.5 Å². The smallest absolute Gasteiger partial charge is 0.325 e. The Balaban J connectivity index is -0.0000000401. The number of esters is 3. The summed E-state index contributed by atoms with van der Waals surface area (Å²) >= 11 is 0. The Labute approximate surface area is 365 Å². The average molecular weight is 966 g/mol. The monoisotopic (exact) mass is 966 g/mol. The van der Waals surface area contributed by atoms with Gasteiger partial charge in [-0.1, -0.05) is 0 Å². The van der Waals surface area contributed by atoms with E-state index >= 15 is 0 Å². The fraction of sp³-hybridized carbons (Fsp3) is 0.667. The summed E-state index contributed by atoms with van der Waals surface area (Å²) in [4.78, 5) is 65.2. The third-order valence-electron chi connectivity index (χ3n) is 3.80. The molecule has 0 saturated carbocycles. The van der Waals surface area contributed by atoms with Gasteiger partial charge < -0.3 is 43.3 Å². The molecule has 0 aromatic heterocycles. The first-order valence-electron chi connectivity index (χ1n) is 8.45. The molecule has 0 aromatic carbocycles. The minimum atomic E-state index is -0.553. The van der Waals surface area contributed by atoms with Crippen LogP contribution in [0.5, 0.6) is 0 Å². The fourth-order valence-electron chi connectivity index (χ4n) is 1.22. The Morgan fingerprint density at radius 3 is 0.722 bits per heavy atom. The summed E-state index contributed by atoms with van der Waals surface area (Å²) in [6.07, 6.45) is 4.69. The van der Waals surface area contributed by atoms with Gasteiger partial charge in [-0.3, -0.25) is 0 Å². The number of amides is 3. The molecule has 12 nitrogen and oxygen atoms in total. The number of methoxy groups -OCH3 is 3. The second-order valence-electron chi connectivity index (χ2n) is 5.70. The van der Waals surface area contributed by atoms with Gasteiger partial charge in [-0.2, -0.15) is 19.2 Å². The van der Waals surface area contributed by atoms with Crippen LogP contribution in [-0.4, -0.2) is 112 Å². The molecule has 1 unspecified atom stereocenters. The largest absolute Gasteiger partial charge is 0.520 e. The molecule has 36 heavy (non-hydrogen) atoms. The topological polar surface area (TPSA) is 140 Å². The molecule has 0 bridgehead atoms.